The number of likely N-dealkylation sites (tertiary alicyclic amines) is 1. The SMILES string of the molecule is CC(C)(C)OC(=O)N1CCCCC1CNCC1CC2C=CC1C2. The van der Waals surface area contributed by atoms with Crippen LogP contribution in [0, 0.1) is 17.8 Å². The molecule has 130 valence electrons. The van der Waals surface area contributed by atoms with Crippen molar-refractivity contribution in [1.29, 1.82) is 0 Å². The Morgan fingerprint density at radius 2 is 2.04 bits per heavy atom. The average molecular weight is 320 g/mol. The molecule has 23 heavy (non-hydrogen) atoms. The van der Waals surface area contributed by atoms with Gasteiger partial charge >= 0.3 is 6.09 Å². The maximum Gasteiger partial charge on any atom is 0.410 e. The van der Waals surface area contributed by atoms with Crippen LogP contribution in [0.2, 0.25) is 0 Å². The van der Waals surface area contributed by atoms with Crippen molar-refractivity contribution >= 4 is 6.09 Å². The number of amides is 1. The molecule has 1 heterocycles. The first kappa shape index (κ1) is 16.8. The molecule has 2 bridgehead atoms. The normalized spacial score (nSPS) is 33.3. The lowest BCUT2D eigenvalue weighted by atomic mass is 9.93. The zero-order valence-electron chi connectivity index (χ0n) is 14.9. The molecule has 4 unspecified atom stereocenters. The molecule has 4 atom stereocenters. The van der Waals surface area contributed by atoms with Gasteiger partial charge in [-0.25, -0.2) is 4.79 Å². The number of fused-ring (bicyclic) bond motifs is 2. The standard InChI is InChI=1S/C19H32N2O2/c1-19(2,3)23-18(22)21-9-5-4-6-17(21)13-20-12-16-11-14-7-8-15(16)10-14/h7-8,14-17,20H,4-6,9-13H2,1-3H3. The third-order valence-corrected chi connectivity index (χ3v) is 5.46. The highest BCUT2D eigenvalue weighted by atomic mass is 16.6. The number of nitrogens with one attached hydrogen (secondary N) is 1. The molecule has 1 saturated heterocycles. The van der Waals surface area contributed by atoms with Gasteiger partial charge in [-0.05, 0) is 77.2 Å². The van der Waals surface area contributed by atoms with Crippen molar-refractivity contribution in [2.75, 3.05) is 19.6 Å². The van der Waals surface area contributed by atoms with Gasteiger partial charge in [0, 0.05) is 19.1 Å². The Morgan fingerprint density at radius 1 is 1.22 bits per heavy atom. The molecule has 1 aliphatic heterocycles. The predicted molar refractivity (Wildman–Crippen MR) is 92.3 cm³/mol. The molecular formula is C19H32N2O2. The maximum absolute atomic E-state index is 12.4. The Kier molecular flexibility index (Phi) is 5.00. The van der Waals surface area contributed by atoms with Crippen LogP contribution in [0.3, 0.4) is 0 Å². The quantitative estimate of drug-likeness (QED) is 0.805. The van der Waals surface area contributed by atoms with Gasteiger partial charge in [-0.15, -0.1) is 0 Å². The summed E-state index contributed by atoms with van der Waals surface area (Å²) < 4.78 is 5.58. The number of hydrogen-bond acceptors (Lipinski definition) is 3. The molecule has 0 aromatic rings. The molecular weight excluding hydrogens is 288 g/mol. The molecule has 0 aromatic heterocycles. The fourth-order valence-corrected chi connectivity index (χ4v) is 4.34. The highest BCUT2D eigenvalue weighted by Crippen LogP contribution is 2.42. The molecule has 1 saturated carbocycles. The number of carbonyl (C=O) groups excluding carboxylic acids is 1. The Balaban J connectivity index is 1.47. The molecule has 0 spiro atoms. The minimum absolute atomic E-state index is 0.146. The van der Waals surface area contributed by atoms with E-state index in [1.165, 1.54) is 19.3 Å². The molecule has 4 nitrogen and oxygen atoms in total. The van der Waals surface area contributed by atoms with Crippen LogP contribution in [0.1, 0.15) is 52.9 Å². The van der Waals surface area contributed by atoms with Crippen LogP contribution in [-0.4, -0.2) is 42.3 Å². The largest absolute Gasteiger partial charge is 0.444 e. The fraction of sp³-hybridized carbons (Fsp3) is 0.842. The van der Waals surface area contributed by atoms with E-state index in [0.717, 1.165) is 50.2 Å². The summed E-state index contributed by atoms with van der Waals surface area (Å²) >= 11 is 0. The average Bonchev–Trinajstić information content (AvgIpc) is 3.08. The van der Waals surface area contributed by atoms with Gasteiger partial charge < -0.3 is 15.0 Å². The Hall–Kier alpha value is -1.03. The van der Waals surface area contributed by atoms with Gasteiger partial charge in [0.1, 0.15) is 5.60 Å². The lowest BCUT2D eigenvalue weighted by Crippen LogP contribution is -2.50. The van der Waals surface area contributed by atoms with E-state index in [-0.39, 0.29) is 12.1 Å². The van der Waals surface area contributed by atoms with Gasteiger partial charge in [0.15, 0.2) is 0 Å². The maximum atomic E-state index is 12.4. The Bertz CT molecular complexity index is 455. The van der Waals surface area contributed by atoms with Gasteiger partial charge in [-0.3, -0.25) is 0 Å². The highest BCUT2D eigenvalue weighted by molar-refractivity contribution is 5.68. The van der Waals surface area contributed by atoms with E-state index in [2.05, 4.69) is 17.5 Å². The number of nitrogens with zero attached hydrogens (tertiary/aromatic N) is 1. The molecule has 0 radical (unpaired) electrons. The number of allylic oxidation sites excluding steroid dienone is 2. The third kappa shape index (κ3) is 4.28. The smallest absolute Gasteiger partial charge is 0.410 e. The van der Waals surface area contributed by atoms with E-state index in [9.17, 15) is 4.79 Å². The van der Waals surface area contributed by atoms with Crippen molar-refractivity contribution in [2.45, 2.75) is 64.5 Å². The fourth-order valence-electron chi connectivity index (χ4n) is 4.34. The topological polar surface area (TPSA) is 41.6 Å². The van der Waals surface area contributed by atoms with Crippen LogP contribution in [0.5, 0.6) is 0 Å². The van der Waals surface area contributed by atoms with Gasteiger partial charge in [0.2, 0.25) is 0 Å². The number of hydrogen-bond donors (Lipinski definition) is 1. The van der Waals surface area contributed by atoms with Gasteiger partial charge in [0.05, 0.1) is 0 Å². The highest BCUT2D eigenvalue weighted by Gasteiger charge is 2.35. The molecule has 2 aliphatic carbocycles. The number of rotatable bonds is 4. The van der Waals surface area contributed by atoms with Gasteiger partial charge in [-0.2, -0.15) is 0 Å². The van der Waals surface area contributed by atoms with Crippen LogP contribution in [0.4, 0.5) is 4.79 Å². The van der Waals surface area contributed by atoms with Gasteiger partial charge in [-0.1, -0.05) is 12.2 Å². The molecule has 2 fully saturated rings. The first-order valence-electron chi connectivity index (χ1n) is 9.31. The zero-order valence-corrected chi connectivity index (χ0v) is 14.9. The number of ether oxygens (including phenoxy) is 1. The van der Waals surface area contributed by atoms with Crippen molar-refractivity contribution in [3.63, 3.8) is 0 Å². The van der Waals surface area contributed by atoms with Crippen LogP contribution in [0.25, 0.3) is 0 Å². The molecule has 4 heteroatoms. The number of carbonyl (C=O) groups is 1. The van der Waals surface area contributed by atoms with Crippen molar-refractivity contribution in [3.8, 4) is 0 Å². The summed E-state index contributed by atoms with van der Waals surface area (Å²) in [6, 6.07) is 0.285. The molecule has 1 amide bonds. The Labute approximate surface area is 140 Å². The van der Waals surface area contributed by atoms with Crippen LogP contribution < -0.4 is 5.32 Å². The first-order chi connectivity index (χ1) is 10.9. The summed E-state index contributed by atoms with van der Waals surface area (Å²) in [5, 5.41) is 3.65. The minimum atomic E-state index is -0.415. The van der Waals surface area contributed by atoms with Crippen molar-refractivity contribution in [1.82, 2.24) is 10.2 Å². The summed E-state index contributed by atoms with van der Waals surface area (Å²) in [7, 11) is 0. The monoisotopic (exact) mass is 320 g/mol. The van der Waals surface area contributed by atoms with Gasteiger partial charge in [0.25, 0.3) is 0 Å². The summed E-state index contributed by atoms with van der Waals surface area (Å²) in [4.78, 5) is 14.4. The van der Waals surface area contributed by atoms with Crippen LogP contribution >= 0.6 is 0 Å². The van der Waals surface area contributed by atoms with E-state index in [0.29, 0.717) is 0 Å². The van der Waals surface area contributed by atoms with E-state index < -0.39 is 5.60 Å². The summed E-state index contributed by atoms with van der Waals surface area (Å²) in [5.74, 6) is 2.42. The summed E-state index contributed by atoms with van der Waals surface area (Å²) in [5.41, 5.74) is -0.415. The first-order valence-corrected chi connectivity index (χ1v) is 9.31. The van der Waals surface area contributed by atoms with Crippen molar-refractivity contribution in [3.05, 3.63) is 12.2 Å². The molecule has 1 N–H and O–H groups in total. The predicted octanol–water partition coefficient (Wildman–Crippen LogP) is 3.58. The van der Waals surface area contributed by atoms with E-state index >= 15 is 0 Å². The number of piperidine rings is 1. The summed E-state index contributed by atoms with van der Waals surface area (Å²) in [6.45, 7) is 8.62. The van der Waals surface area contributed by atoms with Crippen LogP contribution in [0.15, 0.2) is 12.2 Å². The lowest BCUT2D eigenvalue weighted by molar-refractivity contribution is 0.00986. The second kappa shape index (κ2) is 6.84. The summed E-state index contributed by atoms with van der Waals surface area (Å²) in [6.07, 6.45) is 10.7. The second-order valence-corrected chi connectivity index (χ2v) is 8.52. The molecule has 3 rings (SSSR count). The van der Waals surface area contributed by atoms with E-state index in [1.807, 2.05) is 25.7 Å². The third-order valence-electron chi connectivity index (χ3n) is 5.46. The molecule has 3 aliphatic rings. The van der Waals surface area contributed by atoms with Crippen molar-refractivity contribution < 1.29 is 9.53 Å². The lowest BCUT2D eigenvalue weighted by Gasteiger charge is -2.37. The second-order valence-electron chi connectivity index (χ2n) is 8.52. The van der Waals surface area contributed by atoms with E-state index in [1.54, 1.807) is 0 Å². The Morgan fingerprint density at radius 3 is 2.70 bits per heavy atom. The van der Waals surface area contributed by atoms with E-state index in [4.69, 9.17) is 4.74 Å². The van der Waals surface area contributed by atoms with Crippen LogP contribution in [-0.2, 0) is 4.74 Å². The zero-order chi connectivity index (χ0) is 16.4. The van der Waals surface area contributed by atoms with Crippen molar-refractivity contribution in [2.24, 2.45) is 17.8 Å². The molecule has 0 aromatic carbocycles. The minimum Gasteiger partial charge on any atom is -0.444 e.